The Hall–Kier alpha value is -4.33. The fourth-order valence-corrected chi connectivity index (χ4v) is 5.62. The zero-order valence-corrected chi connectivity index (χ0v) is 23.6. The minimum Gasteiger partial charge on any atom is -0.469 e. The predicted molar refractivity (Wildman–Crippen MR) is 155 cm³/mol. The van der Waals surface area contributed by atoms with Gasteiger partial charge in [0.1, 0.15) is 5.82 Å². The molecule has 0 spiro atoms. The number of amides is 2. The monoisotopic (exact) mass is 555 g/mol. The molecule has 2 aliphatic rings. The molecule has 5 rings (SSSR count). The van der Waals surface area contributed by atoms with Gasteiger partial charge in [0.05, 0.1) is 25.3 Å². The number of halogens is 1. The van der Waals surface area contributed by atoms with E-state index >= 15 is 0 Å². The van der Waals surface area contributed by atoms with Crippen molar-refractivity contribution in [3.05, 3.63) is 89.0 Å². The number of aromatic nitrogens is 1. The fraction of sp³-hybridized carbons (Fsp3) is 0.333. The lowest BCUT2D eigenvalue weighted by Crippen LogP contribution is -2.38. The summed E-state index contributed by atoms with van der Waals surface area (Å²) in [7, 11) is 1.35. The van der Waals surface area contributed by atoms with Gasteiger partial charge in [-0.25, -0.2) is 4.39 Å². The van der Waals surface area contributed by atoms with E-state index in [0.717, 1.165) is 27.9 Å². The molecule has 0 saturated carbocycles. The molecular weight excluding hydrogens is 521 g/mol. The van der Waals surface area contributed by atoms with Crippen LogP contribution in [0.15, 0.2) is 60.8 Å². The molecule has 7 nitrogen and oxygen atoms in total. The lowest BCUT2D eigenvalue weighted by molar-refractivity contribution is -0.139. The average Bonchev–Trinajstić information content (AvgIpc) is 2.96. The molecule has 2 aromatic carbocycles. The summed E-state index contributed by atoms with van der Waals surface area (Å²) in [5.74, 6) is -1.22. The van der Waals surface area contributed by atoms with Crippen molar-refractivity contribution in [3.8, 4) is 11.1 Å². The molecule has 2 amide bonds. The van der Waals surface area contributed by atoms with E-state index in [-0.39, 0.29) is 42.0 Å². The number of rotatable bonds is 4. The first-order valence-corrected chi connectivity index (χ1v) is 14.0. The van der Waals surface area contributed by atoms with Crippen molar-refractivity contribution >= 4 is 29.0 Å². The zero-order chi connectivity index (χ0) is 29.1. The molecule has 0 fully saturated rings. The first-order valence-electron chi connectivity index (χ1n) is 14.0. The maximum Gasteiger partial charge on any atom is 0.309 e. The maximum absolute atomic E-state index is 14.6. The third-order valence-corrected chi connectivity index (χ3v) is 7.96. The molecule has 2 atom stereocenters. The highest BCUT2D eigenvalue weighted by molar-refractivity contribution is 5.98. The summed E-state index contributed by atoms with van der Waals surface area (Å²) in [6, 6.07) is 14.0. The molecule has 8 heteroatoms. The molecule has 0 unspecified atom stereocenters. The summed E-state index contributed by atoms with van der Waals surface area (Å²) in [6.45, 7) is 4.24. The fourth-order valence-electron chi connectivity index (χ4n) is 5.62. The summed E-state index contributed by atoms with van der Waals surface area (Å²) in [5, 5.41) is 3.06. The number of aryl methyl sites for hydroxylation is 1. The van der Waals surface area contributed by atoms with Crippen LogP contribution in [0.5, 0.6) is 0 Å². The predicted octanol–water partition coefficient (Wildman–Crippen LogP) is 6.03. The number of fused-ring (bicyclic) bond motifs is 4. The lowest BCUT2D eigenvalue weighted by Gasteiger charge is -2.34. The van der Waals surface area contributed by atoms with Crippen LogP contribution in [0.3, 0.4) is 0 Å². The number of hydrogen-bond donors (Lipinski definition) is 1. The van der Waals surface area contributed by atoms with Crippen molar-refractivity contribution in [3.63, 3.8) is 0 Å². The highest BCUT2D eigenvalue weighted by Gasteiger charge is 2.30. The van der Waals surface area contributed by atoms with Gasteiger partial charge in [0.25, 0.3) is 0 Å². The molecule has 0 saturated heterocycles. The second kappa shape index (κ2) is 12.0. The number of carbonyl (C=O) groups excluding carboxylic acids is 3. The second-order valence-electron chi connectivity index (χ2n) is 10.9. The Kier molecular flexibility index (Phi) is 8.28. The van der Waals surface area contributed by atoms with Gasteiger partial charge in [-0.05, 0) is 73.2 Å². The lowest BCUT2D eigenvalue weighted by atomic mass is 9.92. The van der Waals surface area contributed by atoms with E-state index in [1.807, 2.05) is 49.1 Å². The van der Waals surface area contributed by atoms with E-state index in [9.17, 15) is 18.8 Å². The van der Waals surface area contributed by atoms with Crippen LogP contribution in [0.2, 0.25) is 0 Å². The SMILES string of the molecule is COC(=O)Cc1ccc2c(c1)NC(=O)[C@H](C)CCC[C@H](N1CCC(c3cc(C)ccc3F)=CC1=O)c1cc-2ccn1. The molecule has 2 aliphatic heterocycles. The Morgan fingerprint density at radius 1 is 1.10 bits per heavy atom. The van der Waals surface area contributed by atoms with Gasteiger partial charge < -0.3 is 15.0 Å². The highest BCUT2D eigenvalue weighted by Crippen LogP contribution is 2.36. The number of hydrogen-bond acceptors (Lipinski definition) is 5. The van der Waals surface area contributed by atoms with Gasteiger partial charge in [0.2, 0.25) is 11.8 Å². The molecule has 3 aromatic rings. The maximum atomic E-state index is 14.6. The Labute approximate surface area is 239 Å². The van der Waals surface area contributed by atoms with Crippen molar-refractivity contribution in [2.24, 2.45) is 5.92 Å². The topological polar surface area (TPSA) is 88.6 Å². The molecule has 1 aromatic heterocycles. The third kappa shape index (κ3) is 6.21. The molecule has 0 radical (unpaired) electrons. The smallest absolute Gasteiger partial charge is 0.309 e. The number of anilines is 1. The summed E-state index contributed by atoms with van der Waals surface area (Å²) >= 11 is 0. The van der Waals surface area contributed by atoms with Gasteiger partial charge in [0.15, 0.2) is 0 Å². The minimum absolute atomic E-state index is 0.0951. The Balaban J connectivity index is 1.51. The molecule has 0 aliphatic carbocycles. The van der Waals surface area contributed by atoms with Gasteiger partial charge in [-0.15, -0.1) is 0 Å². The van der Waals surface area contributed by atoms with Crippen LogP contribution >= 0.6 is 0 Å². The Bertz CT molecular complexity index is 1530. The number of carbonyl (C=O) groups is 3. The number of nitrogens with zero attached hydrogens (tertiary/aromatic N) is 2. The van der Waals surface area contributed by atoms with Gasteiger partial charge in [-0.3, -0.25) is 19.4 Å². The first kappa shape index (κ1) is 28.2. The largest absolute Gasteiger partial charge is 0.469 e. The number of nitrogens with one attached hydrogen (secondary N) is 1. The summed E-state index contributed by atoms with van der Waals surface area (Å²) in [4.78, 5) is 45.0. The average molecular weight is 556 g/mol. The van der Waals surface area contributed by atoms with Crippen LogP contribution in [-0.4, -0.2) is 41.3 Å². The van der Waals surface area contributed by atoms with Gasteiger partial charge >= 0.3 is 5.97 Å². The molecule has 212 valence electrons. The number of methoxy groups -OCH3 is 1. The molecule has 2 bridgehead atoms. The van der Waals surface area contributed by atoms with Crippen molar-refractivity contribution < 1.29 is 23.5 Å². The first-order chi connectivity index (χ1) is 19.7. The second-order valence-corrected chi connectivity index (χ2v) is 10.9. The van der Waals surface area contributed by atoms with Crippen LogP contribution < -0.4 is 5.32 Å². The summed E-state index contributed by atoms with van der Waals surface area (Å²) in [5.41, 5.74) is 5.85. The van der Waals surface area contributed by atoms with E-state index in [4.69, 9.17) is 4.74 Å². The van der Waals surface area contributed by atoms with Crippen LogP contribution in [0.25, 0.3) is 16.7 Å². The Morgan fingerprint density at radius 3 is 2.71 bits per heavy atom. The highest BCUT2D eigenvalue weighted by atomic mass is 19.1. The van der Waals surface area contributed by atoms with Crippen LogP contribution in [0, 0.1) is 18.7 Å². The van der Waals surface area contributed by atoms with Crippen molar-refractivity contribution in [1.29, 1.82) is 0 Å². The van der Waals surface area contributed by atoms with Gasteiger partial charge in [-0.2, -0.15) is 0 Å². The van der Waals surface area contributed by atoms with Crippen LogP contribution in [0.4, 0.5) is 10.1 Å². The van der Waals surface area contributed by atoms with E-state index in [2.05, 4.69) is 10.3 Å². The van der Waals surface area contributed by atoms with E-state index < -0.39 is 0 Å². The third-order valence-electron chi connectivity index (χ3n) is 7.96. The number of ether oxygens (including phenoxy) is 1. The molecule has 3 heterocycles. The van der Waals surface area contributed by atoms with E-state index in [1.165, 1.54) is 13.2 Å². The number of benzene rings is 2. The number of pyridine rings is 1. The minimum atomic E-state index is -0.361. The van der Waals surface area contributed by atoms with Crippen molar-refractivity contribution in [2.45, 2.75) is 52.0 Å². The summed E-state index contributed by atoms with van der Waals surface area (Å²) in [6.07, 6.45) is 5.90. The van der Waals surface area contributed by atoms with Crippen LogP contribution in [-0.2, 0) is 25.5 Å². The van der Waals surface area contributed by atoms with E-state index in [1.54, 1.807) is 24.4 Å². The quantitative estimate of drug-likeness (QED) is 0.398. The van der Waals surface area contributed by atoms with Gasteiger partial charge in [0, 0.05) is 41.5 Å². The normalized spacial score (nSPS) is 19.3. The molecule has 41 heavy (non-hydrogen) atoms. The number of esters is 1. The van der Waals surface area contributed by atoms with Gasteiger partial charge in [-0.1, -0.05) is 37.1 Å². The van der Waals surface area contributed by atoms with Crippen molar-refractivity contribution in [2.75, 3.05) is 19.0 Å². The molecular formula is C33H34FN3O4. The summed E-state index contributed by atoms with van der Waals surface area (Å²) < 4.78 is 19.4. The van der Waals surface area contributed by atoms with E-state index in [0.29, 0.717) is 49.1 Å². The standard InChI is InChI=1S/C33H34FN3O4/c1-20-7-10-27(34)26(15-20)24-12-14-37(31(38)19-24)30-6-4-5-21(2)33(40)36-28-16-22(17-32(39)41-3)8-9-25(28)23-11-13-35-29(30)18-23/h7-11,13,15-16,18-19,21,30H,4-6,12,14,17H2,1-3H3,(H,36,40)/t21-,30+/m1/s1. The zero-order valence-electron chi connectivity index (χ0n) is 23.6. The van der Waals surface area contributed by atoms with Crippen molar-refractivity contribution in [1.82, 2.24) is 9.88 Å². The Morgan fingerprint density at radius 2 is 1.93 bits per heavy atom. The molecule has 1 N–H and O–H groups in total. The van der Waals surface area contributed by atoms with Crippen LogP contribution in [0.1, 0.15) is 61.0 Å².